The van der Waals surface area contributed by atoms with E-state index in [1.807, 2.05) is 0 Å². The molecule has 1 aromatic carbocycles. The summed E-state index contributed by atoms with van der Waals surface area (Å²) >= 11 is 0. The van der Waals surface area contributed by atoms with Crippen LogP contribution in [-0.2, 0) is 27.8 Å². The molecule has 0 saturated carbocycles. The monoisotopic (exact) mass is 468 g/mol. The van der Waals surface area contributed by atoms with E-state index in [2.05, 4.69) is 25.2 Å². The number of carbonyl (C=O) groups is 1. The van der Waals surface area contributed by atoms with Crippen LogP contribution in [0.25, 0.3) is 0 Å². The van der Waals surface area contributed by atoms with Gasteiger partial charge in [-0.1, -0.05) is 29.9 Å². The Morgan fingerprint density at radius 3 is 2.47 bits per heavy atom. The molecule has 4 rings (SSSR count). The number of hydrogen-bond donors (Lipinski definition) is 0. The number of nitrogens with zero attached hydrogens (tertiary/aromatic N) is 2. The van der Waals surface area contributed by atoms with E-state index in [1.54, 1.807) is 6.07 Å². The maximum atomic E-state index is 13.2. The van der Waals surface area contributed by atoms with Gasteiger partial charge in [-0.2, -0.15) is 17.5 Å². The highest BCUT2D eigenvalue weighted by Gasteiger charge is 2.43. The minimum atomic E-state index is -4.94. The molecule has 1 unspecified atom stereocenters. The van der Waals surface area contributed by atoms with Gasteiger partial charge in [0.2, 0.25) is 10.0 Å². The topological polar surface area (TPSA) is 57.7 Å². The van der Waals surface area contributed by atoms with Crippen LogP contribution in [0.3, 0.4) is 0 Å². The summed E-state index contributed by atoms with van der Waals surface area (Å²) in [6.07, 6.45) is 4.39. The molecule has 2 aliphatic heterocycles. The number of halogens is 3. The number of sulfonamides is 1. The zero-order valence-corrected chi connectivity index (χ0v) is 18.8. The fourth-order valence-corrected chi connectivity index (χ4v) is 6.49. The van der Waals surface area contributed by atoms with Gasteiger partial charge in [-0.3, -0.25) is 4.79 Å². The van der Waals surface area contributed by atoms with E-state index in [9.17, 15) is 26.4 Å². The Balaban J connectivity index is 1.47. The van der Waals surface area contributed by atoms with E-state index < -0.39 is 22.1 Å². The third kappa shape index (κ3) is 4.50. The van der Waals surface area contributed by atoms with Crippen molar-refractivity contribution in [1.29, 1.82) is 0 Å². The molecule has 0 aromatic heterocycles. The molecule has 9 heteroatoms. The van der Waals surface area contributed by atoms with Crippen LogP contribution in [-0.4, -0.2) is 49.3 Å². The Kier molecular flexibility index (Phi) is 6.24. The molecule has 0 spiro atoms. The van der Waals surface area contributed by atoms with Gasteiger partial charge < -0.3 is 4.90 Å². The Bertz CT molecular complexity index is 1050. The normalized spacial score (nSPS) is 23.1. The van der Waals surface area contributed by atoms with Crippen LogP contribution in [0, 0.1) is 11.8 Å². The third-order valence-electron chi connectivity index (χ3n) is 6.81. The van der Waals surface area contributed by atoms with Gasteiger partial charge >= 0.3 is 12.1 Å². The number of piperidine rings is 1. The first-order valence-electron chi connectivity index (χ1n) is 10.9. The maximum Gasteiger partial charge on any atom is 0.471 e. The molecular formula is C23H27F3N2O3S. The van der Waals surface area contributed by atoms with Crippen molar-refractivity contribution in [2.75, 3.05) is 19.6 Å². The summed E-state index contributed by atoms with van der Waals surface area (Å²) in [5.74, 6) is -1.13. The van der Waals surface area contributed by atoms with E-state index >= 15 is 0 Å². The molecule has 3 aliphatic rings. The first-order valence-corrected chi connectivity index (χ1v) is 12.3. The van der Waals surface area contributed by atoms with Gasteiger partial charge in [-0.15, -0.1) is 0 Å². The molecule has 0 radical (unpaired) electrons. The minimum Gasteiger partial charge on any atom is -0.330 e. The van der Waals surface area contributed by atoms with Gasteiger partial charge in [0.1, 0.15) is 0 Å². The van der Waals surface area contributed by atoms with Gasteiger partial charge in [0.05, 0.1) is 4.90 Å². The molecule has 0 N–H and O–H groups in total. The Hall–Kier alpha value is -2.13. The van der Waals surface area contributed by atoms with Gasteiger partial charge in [-0.05, 0) is 61.8 Å². The standard InChI is InChI=1S/C23H27F3N2O3S/c1-16-4-2-3-5-21(16)18-9-12-28(13-10-18)32(30,31)20-7-6-17-8-11-27(15-19(17)14-20)22(29)23(24,25)26/h3-7,14,18,21H,2,8-13,15H2,1H3. The molecule has 1 saturated heterocycles. The number of hydrogen-bond acceptors (Lipinski definition) is 3. The van der Waals surface area contributed by atoms with Gasteiger partial charge in [0.15, 0.2) is 0 Å². The average molecular weight is 469 g/mol. The lowest BCUT2D eigenvalue weighted by atomic mass is 9.78. The van der Waals surface area contributed by atoms with Gasteiger partial charge in [-0.25, -0.2) is 8.42 Å². The fourth-order valence-electron chi connectivity index (χ4n) is 4.97. The molecule has 32 heavy (non-hydrogen) atoms. The largest absolute Gasteiger partial charge is 0.471 e. The second-order valence-electron chi connectivity index (χ2n) is 8.78. The second-order valence-corrected chi connectivity index (χ2v) is 10.7. The highest BCUT2D eigenvalue weighted by Crippen LogP contribution is 2.35. The van der Waals surface area contributed by atoms with Crippen molar-refractivity contribution in [2.24, 2.45) is 11.8 Å². The molecule has 5 nitrogen and oxygen atoms in total. The fraction of sp³-hybridized carbons (Fsp3) is 0.522. The summed E-state index contributed by atoms with van der Waals surface area (Å²) in [7, 11) is -3.75. The zero-order chi connectivity index (χ0) is 23.1. The molecule has 174 valence electrons. The molecule has 0 bridgehead atoms. The highest BCUT2D eigenvalue weighted by atomic mass is 32.2. The summed E-state index contributed by atoms with van der Waals surface area (Å²) in [5.41, 5.74) is 2.57. The lowest BCUT2D eigenvalue weighted by Gasteiger charge is -2.36. The zero-order valence-electron chi connectivity index (χ0n) is 17.9. The van der Waals surface area contributed by atoms with E-state index in [0.29, 0.717) is 30.5 Å². The summed E-state index contributed by atoms with van der Waals surface area (Å²) in [6.45, 7) is 2.69. The van der Waals surface area contributed by atoms with E-state index in [1.165, 1.54) is 22.0 Å². The Labute approximate surface area is 186 Å². The van der Waals surface area contributed by atoms with E-state index in [4.69, 9.17) is 0 Å². The Morgan fingerprint density at radius 2 is 1.81 bits per heavy atom. The lowest BCUT2D eigenvalue weighted by Crippen LogP contribution is -2.44. The summed E-state index contributed by atoms with van der Waals surface area (Å²) < 4.78 is 66.4. The van der Waals surface area contributed by atoms with Gasteiger partial charge in [0.25, 0.3) is 0 Å². The lowest BCUT2D eigenvalue weighted by molar-refractivity contribution is -0.186. The van der Waals surface area contributed by atoms with Crippen molar-refractivity contribution in [3.8, 4) is 0 Å². The van der Waals surface area contributed by atoms with Crippen molar-refractivity contribution in [2.45, 2.75) is 50.2 Å². The van der Waals surface area contributed by atoms with Crippen LogP contribution < -0.4 is 0 Å². The number of carbonyl (C=O) groups excluding carboxylic acids is 1. The number of alkyl halides is 3. The number of benzene rings is 1. The number of rotatable bonds is 3. The SMILES string of the molecule is CC1=CCC=CC1C1CCN(S(=O)(=O)c2ccc3c(c2)CN(C(=O)C(F)(F)F)CC3)CC1. The number of allylic oxidation sites excluding steroid dienone is 4. The van der Waals surface area contributed by atoms with Crippen LogP contribution in [0.2, 0.25) is 0 Å². The summed E-state index contributed by atoms with van der Waals surface area (Å²) in [5, 5.41) is 0. The van der Waals surface area contributed by atoms with Crippen LogP contribution in [0.1, 0.15) is 37.3 Å². The number of fused-ring (bicyclic) bond motifs is 1. The molecule has 1 atom stereocenters. The molecule has 1 aliphatic carbocycles. The minimum absolute atomic E-state index is 0.0333. The van der Waals surface area contributed by atoms with Gasteiger partial charge in [0, 0.05) is 32.1 Å². The smallest absolute Gasteiger partial charge is 0.330 e. The highest BCUT2D eigenvalue weighted by molar-refractivity contribution is 7.89. The van der Waals surface area contributed by atoms with Crippen LogP contribution in [0.4, 0.5) is 13.2 Å². The molecule has 1 fully saturated rings. The van der Waals surface area contributed by atoms with Crippen LogP contribution in [0.5, 0.6) is 0 Å². The average Bonchev–Trinajstić information content (AvgIpc) is 2.77. The van der Waals surface area contributed by atoms with Crippen LogP contribution in [0.15, 0.2) is 46.9 Å². The quantitative estimate of drug-likeness (QED) is 0.629. The maximum absolute atomic E-state index is 13.2. The predicted octanol–water partition coefficient (Wildman–Crippen LogP) is 4.06. The van der Waals surface area contributed by atoms with E-state index in [-0.39, 0.29) is 24.4 Å². The summed E-state index contributed by atoms with van der Waals surface area (Å²) in [4.78, 5) is 12.4. The molecule has 1 aromatic rings. The molecular weight excluding hydrogens is 441 g/mol. The first kappa shape index (κ1) is 23.0. The molecule has 2 heterocycles. The van der Waals surface area contributed by atoms with Crippen molar-refractivity contribution < 1.29 is 26.4 Å². The Morgan fingerprint density at radius 1 is 1.09 bits per heavy atom. The van der Waals surface area contributed by atoms with Crippen molar-refractivity contribution in [3.63, 3.8) is 0 Å². The van der Waals surface area contributed by atoms with Crippen molar-refractivity contribution >= 4 is 15.9 Å². The third-order valence-corrected chi connectivity index (χ3v) is 8.70. The second kappa shape index (κ2) is 8.67. The molecule has 1 amide bonds. The van der Waals surface area contributed by atoms with Crippen LogP contribution >= 0.6 is 0 Å². The van der Waals surface area contributed by atoms with Crippen molar-refractivity contribution in [3.05, 3.63) is 53.1 Å². The first-order chi connectivity index (χ1) is 15.1. The number of amides is 1. The predicted molar refractivity (Wildman–Crippen MR) is 114 cm³/mol. The summed E-state index contributed by atoms with van der Waals surface area (Å²) in [6, 6.07) is 4.62. The van der Waals surface area contributed by atoms with E-state index in [0.717, 1.165) is 29.7 Å². The van der Waals surface area contributed by atoms with Crippen molar-refractivity contribution in [1.82, 2.24) is 9.21 Å².